The molecule has 116 valence electrons. The molecule has 0 bridgehead atoms. The van der Waals surface area contributed by atoms with Crippen LogP contribution in [0.3, 0.4) is 0 Å². The Morgan fingerprint density at radius 1 is 1.24 bits per heavy atom. The van der Waals surface area contributed by atoms with Gasteiger partial charge in [-0.2, -0.15) is 0 Å². The summed E-state index contributed by atoms with van der Waals surface area (Å²) in [5.74, 6) is 0.936. The number of benzene rings is 1. The van der Waals surface area contributed by atoms with Gasteiger partial charge < -0.3 is 19.9 Å². The first-order chi connectivity index (χ1) is 10.2. The van der Waals surface area contributed by atoms with Gasteiger partial charge in [0.25, 0.3) is 0 Å². The molecule has 1 aromatic rings. The normalized spacial score (nSPS) is 22.8. The highest BCUT2D eigenvalue weighted by molar-refractivity contribution is 5.31. The largest absolute Gasteiger partial charge is 0.490 e. The maximum Gasteiger partial charge on any atom is 0.119 e. The SMILES string of the molecule is CCOC1(C(N)c2ccc(OC3CC3)cc2)CCOCC1. The van der Waals surface area contributed by atoms with Gasteiger partial charge in [-0.05, 0) is 37.5 Å². The van der Waals surface area contributed by atoms with E-state index in [4.69, 9.17) is 19.9 Å². The first kappa shape index (κ1) is 14.8. The average molecular weight is 291 g/mol. The third-order valence-corrected chi connectivity index (χ3v) is 4.40. The third kappa shape index (κ3) is 3.39. The standard InChI is InChI=1S/C17H25NO3/c1-2-20-17(9-11-19-12-10-17)16(18)13-3-5-14(6-4-13)21-15-7-8-15/h3-6,15-16H,2,7-12,18H2,1H3. The number of ether oxygens (including phenoxy) is 3. The van der Waals surface area contributed by atoms with Crippen LogP contribution in [0.15, 0.2) is 24.3 Å². The quantitative estimate of drug-likeness (QED) is 0.875. The van der Waals surface area contributed by atoms with Gasteiger partial charge in [0.05, 0.1) is 17.7 Å². The van der Waals surface area contributed by atoms with E-state index in [-0.39, 0.29) is 11.6 Å². The molecule has 0 spiro atoms. The highest BCUT2D eigenvalue weighted by Gasteiger charge is 2.40. The summed E-state index contributed by atoms with van der Waals surface area (Å²) in [4.78, 5) is 0. The molecule has 1 aliphatic heterocycles. The molecule has 1 saturated heterocycles. The second kappa shape index (κ2) is 6.34. The van der Waals surface area contributed by atoms with Gasteiger partial charge in [0, 0.05) is 32.7 Å². The fourth-order valence-corrected chi connectivity index (χ4v) is 2.99. The number of hydrogen-bond acceptors (Lipinski definition) is 4. The topological polar surface area (TPSA) is 53.7 Å². The van der Waals surface area contributed by atoms with Crippen molar-refractivity contribution in [2.75, 3.05) is 19.8 Å². The Balaban J connectivity index is 1.73. The maximum absolute atomic E-state index is 6.53. The summed E-state index contributed by atoms with van der Waals surface area (Å²) < 4.78 is 17.3. The Hall–Kier alpha value is -1.10. The van der Waals surface area contributed by atoms with Crippen LogP contribution in [0.4, 0.5) is 0 Å². The molecular formula is C17H25NO3. The first-order valence-corrected chi connectivity index (χ1v) is 7.97. The molecule has 3 rings (SSSR count). The highest BCUT2D eigenvalue weighted by atomic mass is 16.5. The van der Waals surface area contributed by atoms with E-state index < -0.39 is 0 Å². The summed E-state index contributed by atoms with van der Waals surface area (Å²) >= 11 is 0. The summed E-state index contributed by atoms with van der Waals surface area (Å²) in [5.41, 5.74) is 7.34. The zero-order valence-electron chi connectivity index (χ0n) is 12.7. The van der Waals surface area contributed by atoms with E-state index in [0.717, 1.165) is 37.4 Å². The predicted octanol–water partition coefficient (Wildman–Crippen LogP) is 2.81. The van der Waals surface area contributed by atoms with Crippen molar-refractivity contribution in [3.8, 4) is 5.75 Å². The van der Waals surface area contributed by atoms with E-state index in [1.165, 1.54) is 12.8 Å². The molecule has 4 heteroatoms. The summed E-state index contributed by atoms with van der Waals surface area (Å²) in [6.07, 6.45) is 4.48. The Morgan fingerprint density at radius 2 is 1.90 bits per heavy atom. The van der Waals surface area contributed by atoms with Gasteiger partial charge in [-0.3, -0.25) is 0 Å². The fraction of sp³-hybridized carbons (Fsp3) is 0.647. The Kier molecular flexibility index (Phi) is 4.48. The lowest BCUT2D eigenvalue weighted by Gasteiger charge is -2.41. The number of nitrogens with two attached hydrogens (primary N) is 1. The maximum atomic E-state index is 6.53. The molecule has 21 heavy (non-hydrogen) atoms. The van der Waals surface area contributed by atoms with Crippen molar-refractivity contribution in [1.29, 1.82) is 0 Å². The monoisotopic (exact) mass is 291 g/mol. The van der Waals surface area contributed by atoms with Crippen LogP contribution in [-0.4, -0.2) is 31.5 Å². The Bertz CT molecular complexity index is 444. The molecule has 2 aliphatic rings. The van der Waals surface area contributed by atoms with Crippen LogP contribution in [-0.2, 0) is 9.47 Å². The Labute approximate surface area is 126 Å². The van der Waals surface area contributed by atoms with Gasteiger partial charge in [0.15, 0.2) is 0 Å². The molecule has 2 fully saturated rings. The average Bonchev–Trinajstić information content (AvgIpc) is 3.33. The first-order valence-electron chi connectivity index (χ1n) is 7.97. The van der Waals surface area contributed by atoms with E-state index in [2.05, 4.69) is 12.1 Å². The van der Waals surface area contributed by atoms with Gasteiger partial charge in [-0.25, -0.2) is 0 Å². The van der Waals surface area contributed by atoms with Gasteiger partial charge in [0.1, 0.15) is 5.75 Å². The zero-order valence-corrected chi connectivity index (χ0v) is 12.7. The second-order valence-corrected chi connectivity index (χ2v) is 5.97. The van der Waals surface area contributed by atoms with Crippen LogP contribution < -0.4 is 10.5 Å². The fourth-order valence-electron chi connectivity index (χ4n) is 2.99. The molecule has 4 nitrogen and oxygen atoms in total. The summed E-state index contributed by atoms with van der Waals surface area (Å²) in [6.45, 7) is 4.14. The van der Waals surface area contributed by atoms with Gasteiger partial charge in [0.2, 0.25) is 0 Å². The van der Waals surface area contributed by atoms with Crippen molar-refractivity contribution in [3.05, 3.63) is 29.8 Å². The minimum absolute atomic E-state index is 0.128. The van der Waals surface area contributed by atoms with Crippen molar-refractivity contribution in [3.63, 3.8) is 0 Å². The van der Waals surface area contributed by atoms with Crippen LogP contribution in [0, 0.1) is 0 Å². The molecule has 1 aliphatic carbocycles. The molecule has 0 amide bonds. The van der Waals surface area contributed by atoms with Crippen molar-refractivity contribution >= 4 is 0 Å². The van der Waals surface area contributed by atoms with Crippen LogP contribution in [0.1, 0.15) is 44.2 Å². The van der Waals surface area contributed by atoms with Crippen molar-refractivity contribution < 1.29 is 14.2 Å². The van der Waals surface area contributed by atoms with E-state index in [0.29, 0.717) is 12.7 Å². The lowest BCUT2D eigenvalue weighted by Crippen LogP contribution is -2.48. The van der Waals surface area contributed by atoms with Crippen LogP contribution in [0.5, 0.6) is 5.75 Å². The molecule has 0 aromatic heterocycles. The molecule has 1 aromatic carbocycles. The minimum Gasteiger partial charge on any atom is -0.490 e. The van der Waals surface area contributed by atoms with Crippen LogP contribution >= 0.6 is 0 Å². The van der Waals surface area contributed by atoms with E-state index in [1.54, 1.807) is 0 Å². The second-order valence-electron chi connectivity index (χ2n) is 5.97. The lowest BCUT2D eigenvalue weighted by atomic mass is 9.82. The summed E-state index contributed by atoms with van der Waals surface area (Å²) in [5, 5.41) is 0. The summed E-state index contributed by atoms with van der Waals surface area (Å²) in [7, 11) is 0. The molecule has 1 saturated carbocycles. The number of hydrogen-bond donors (Lipinski definition) is 1. The van der Waals surface area contributed by atoms with E-state index >= 15 is 0 Å². The summed E-state index contributed by atoms with van der Waals surface area (Å²) in [6, 6.07) is 8.05. The molecule has 1 heterocycles. The predicted molar refractivity (Wildman–Crippen MR) is 81.4 cm³/mol. The third-order valence-electron chi connectivity index (χ3n) is 4.40. The molecule has 1 atom stereocenters. The van der Waals surface area contributed by atoms with Gasteiger partial charge >= 0.3 is 0 Å². The highest BCUT2D eigenvalue weighted by Crippen LogP contribution is 2.37. The smallest absolute Gasteiger partial charge is 0.119 e. The minimum atomic E-state index is -0.300. The molecule has 1 unspecified atom stereocenters. The van der Waals surface area contributed by atoms with E-state index in [1.807, 2.05) is 19.1 Å². The lowest BCUT2D eigenvalue weighted by molar-refractivity contribution is -0.121. The molecule has 0 radical (unpaired) electrons. The zero-order chi connectivity index (χ0) is 14.7. The van der Waals surface area contributed by atoms with Crippen LogP contribution in [0.25, 0.3) is 0 Å². The van der Waals surface area contributed by atoms with Gasteiger partial charge in [-0.1, -0.05) is 12.1 Å². The van der Waals surface area contributed by atoms with E-state index in [9.17, 15) is 0 Å². The Morgan fingerprint density at radius 3 is 2.48 bits per heavy atom. The van der Waals surface area contributed by atoms with Crippen molar-refractivity contribution in [2.45, 2.75) is 50.4 Å². The van der Waals surface area contributed by atoms with Crippen molar-refractivity contribution in [2.24, 2.45) is 5.73 Å². The number of rotatable bonds is 6. The van der Waals surface area contributed by atoms with Crippen LogP contribution in [0.2, 0.25) is 0 Å². The van der Waals surface area contributed by atoms with Crippen molar-refractivity contribution in [1.82, 2.24) is 0 Å². The molecule has 2 N–H and O–H groups in total. The molecular weight excluding hydrogens is 266 g/mol. The van der Waals surface area contributed by atoms with Gasteiger partial charge in [-0.15, -0.1) is 0 Å².